The molecule has 4 heterocycles. The van der Waals surface area contributed by atoms with Crippen LogP contribution in [0.5, 0.6) is 0 Å². The molecule has 146 valence electrons. The first-order chi connectivity index (χ1) is 14.2. The van der Waals surface area contributed by atoms with E-state index >= 15 is 0 Å². The van der Waals surface area contributed by atoms with Gasteiger partial charge in [-0.2, -0.15) is 5.10 Å². The zero-order chi connectivity index (χ0) is 19.8. The van der Waals surface area contributed by atoms with Gasteiger partial charge in [0.05, 0.1) is 29.4 Å². The number of furan rings is 1. The van der Waals surface area contributed by atoms with Crippen molar-refractivity contribution in [3.05, 3.63) is 81.9 Å². The first kappa shape index (κ1) is 17.6. The van der Waals surface area contributed by atoms with Crippen molar-refractivity contribution in [3.63, 3.8) is 0 Å². The van der Waals surface area contributed by atoms with Crippen LogP contribution in [0.3, 0.4) is 0 Å². The third-order valence-corrected chi connectivity index (χ3v) is 5.13. The Labute approximate surface area is 165 Å². The van der Waals surface area contributed by atoms with Crippen LogP contribution in [0.25, 0.3) is 22.8 Å². The van der Waals surface area contributed by atoms with E-state index in [9.17, 15) is 9.18 Å². The summed E-state index contributed by atoms with van der Waals surface area (Å²) >= 11 is 0. The monoisotopic (exact) mass is 391 g/mol. The molecular weight excluding hydrogens is 373 g/mol. The average Bonchev–Trinajstić information content (AvgIpc) is 3.40. The molecule has 4 aromatic rings. The summed E-state index contributed by atoms with van der Waals surface area (Å²) in [5, 5.41) is 7.09. The smallest absolute Gasteiger partial charge is 0.256 e. The highest BCUT2D eigenvalue weighted by Gasteiger charge is 2.23. The summed E-state index contributed by atoms with van der Waals surface area (Å²) in [6.07, 6.45) is 3.97. The molecular formula is C21H18FN5O2. The summed E-state index contributed by atoms with van der Waals surface area (Å²) in [5.41, 5.74) is 3.81. The first-order valence-electron chi connectivity index (χ1n) is 9.34. The molecule has 0 aliphatic carbocycles. The van der Waals surface area contributed by atoms with E-state index in [2.05, 4.69) is 25.1 Å². The lowest BCUT2D eigenvalue weighted by molar-refractivity contribution is 0.242. The largest absolute Gasteiger partial charge is 0.461 e. The normalized spacial score (nSPS) is 14.1. The zero-order valence-corrected chi connectivity index (χ0v) is 15.5. The van der Waals surface area contributed by atoms with E-state index in [-0.39, 0.29) is 11.4 Å². The molecule has 8 heteroatoms. The highest BCUT2D eigenvalue weighted by Crippen LogP contribution is 2.25. The molecule has 1 aromatic carbocycles. The van der Waals surface area contributed by atoms with Crippen molar-refractivity contribution in [2.24, 2.45) is 0 Å². The summed E-state index contributed by atoms with van der Waals surface area (Å²) in [6, 6.07) is 9.94. The Kier molecular flexibility index (Phi) is 4.33. The quantitative estimate of drug-likeness (QED) is 0.558. The Morgan fingerprint density at radius 1 is 1.24 bits per heavy atom. The second-order valence-electron chi connectivity index (χ2n) is 7.06. The Balaban J connectivity index is 1.39. The molecule has 0 saturated heterocycles. The third-order valence-electron chi connectivity index (χ3n) is 5.13. The molecule has 1 aliphatic rings. The van der Waals surface area contributed by atoms with E-state index in [1.54, 1.807) is 30.7 Å². The number of benzene rings is 1. The number of fused-ring (bicyclic) bond motifs is 1. The lowest BCUT2D eigenvalue weighted by Crippen LogP contribution is -2.35. The van der Waals surface area contributed by atoms with Gasteiger partial charge in [-0.1, -0.05) is 12.1 Å². The van der Waals surface area contributed by atoms with Crippen molar-refractivity contribution in [2.45, 2.75) is 19.5 Å². The van der Waals surface area contributed by atoms with Gasteiger partial charge in [0.2, 0.25) is 0 Å². The molecule has 2 N–H and O–H groups in total. The minimum Gasteiger partial charge on any atom is -0.461 e. The second kappa shape index (κ2) is 7.14. The molecule has 7 nitrogen and oxygen atoms in total. The Morgan fingerprint density at radius 3 is 3.00 bits per heavy atom. The molecule has 29 heavy (non-hydrogen) atoms. The van der Waals surface area contributed by atoms with Crippen LogP contribution in [0, 0.1) is 5.82 Å². The molecule has 3 aromatic heterocycles. The third kappa shape index (κ3) is 3.38. The molecule has 0 bridgehead atoms. The van der Waals surface area contributed by atoms with Crippen LogP contribution in [-0.4, -0.2) is 31.6 Å². The molecule has 0 unspecified atom stereocenters. The van der Waals surface area contributed by atoms with Crippen LogP contribution >= 0.6 is 0 Å². The SMILES string of the molecule is O=c1[nH]c(-c2ccco2)nc2c1CN(Cc1cn[nH]c1-c1cccc(F)c1)CC2. The van der Waals surface area contributed by atoms with E-state index in [0.29, 0.717) is 36.7 Å². The fourth-order valence-corrected chi connectivity index (χ4v) is 3.71. The lowest BCUT2D eigenvalue weighted by Gasteiger charge is -2.27. The van der Waals surface area contributed by atoms with Gasteiger partial charge in [0.15, 0.2) is 11.6 Å². The van der Waals surface area contributed by atoms with Gasteiger partial charge < -0.3 is 9.40 Å². The van der Waals surface area contributed by atoms with Gasteiger partial charge in [0.1, 0.15) is 5.82 Å². The number of nitrogens with zero attached hydrogens (tertiary/aromatic N) is 3. The van der Waals surface area contributed by atoms with Gasteiger partial charge in [-0.3, -0.25) is 14.8 Å². The Hall–Kier alpha value is -3.52. The highest BCUT2D eigenvalue weighted by molar-refractivity contribution is 5.62. The standard InChI is InChI=1S/C21H18FN5O2/c22-15-4-1-3-13(9-15)19-14(10-23-26-19)11-27-7-6-17-16(12-27)21(28)25-20(24-17)18-5-2-8-29-18/h1-5,8-10H,6-7,11-12H2,(H,23,26)(H,24,25,28). The zero-order valence-electron chi connectivity index (χ0n) is 15.5. The topological polar surface area (TPSA) is 90.8 Å². The number of nitrogens with one attached hydrogen (secondary N) is 2. The summed E-state index contributed by atoms with van der Waals surface area (Å²) in [5.74, 6) is 0.709. The summed E-state index contributed by atoms with van der Waals surface area (Å²) in [4.78, 5) is 22.2. The van der Waals surface area contributed by atoms with Crippen LogP contribution in [0.1, 0.15) is 16.8 Å². The van der Waals surface area contributed by atoms with Gasteiger partial charge in [0, 0.05) is 37.2 Å². The Bertz CT molecular complexity index is 1210. The van der Waals surface area contributed by atoms with Crippen LogP contribution in [-0.2, 0) is 19.5 Å². The summed E-state index contributed by atoms with van der Waals surface area (Å²) in [6.45, 7) is 1.85. The molecule has 0 atom stereocenters. The van der Waals surface area contributed by atoms with E-state index < -0.39 is 0 Å². The van der Waals surface area contributed by atoms with Gasteiger partial charge in [-0.15, -0.1) is 0 Å². The minimum atomic E-state index is -0.292. The number of halogens is 1. The van der Waals surface area contributed by atoms with E-state index in [4.69, 9.17) is 4.42 Å². The van der Waals surface area contributed by atoms with E-state index in [1.807, 2.05) is 6.07 Å². The van der Waals surface area contributed by atoms with E-state index in [0.717, 1.165) is 29.1 Å². The van der Waals surface area contributed by atoms with Crippen LogP contribution in [0.15, 0.2) is 58.1 Å². The number of H-pyrrole nitrogens is 2. The van der Waals surface area contributed by atoms with Gasteiger partial charge in [0.25, 0.3) is 5.56 Å². The van der Waals surface area contributed by atoms with Crippen molar-refractivity contribution in [1.82, 2.24) is 25.1 Å². The molecule has 0 amide bonds. The number of hydrogen-bond donors (Lipinski definition) is 2. The van der Waals surface area contributed by atoms with Crippen molar-refractivity contribution in [1.29, 1.82) is 0 Å². The van der Waals surface area contributed by atoms with Crippen molar-refractivity contribution in [3.8, 4) is 22.8 Å². The van der Waals surface area contributed by atoms with E-state index in [1.165, 1.54) is 12.1 Å². The first-order valence-corrected chi connectivity index (χ1v) is 9.34. The second-order valence-corrected chi connectivity index (χ2v) is 7.06. The number of hydrogen-bond acceptors (Lipinski definition) is 5. The lowest BCUT2D eigenvalue weighted by atomic mass is 10.0. The predicted molar refractivity (Wildman–Crippen MR) is 104 cm³/mol. The molecule has 0 fully saturated rings. The van der Waals surface area contributed by atoms with Crippen LogP contribution in [0.4, 0.5) is 4.39 Å². The number of rotatable bonds is 4. The molecule has 0 saturated carbocycles. The summed E-state index contributed by atoms with van der Waals surface area (Å²) < 4.78 is 18.9. The van der Waals surface area contributed by atoms with Gasteiger partial charge >= 0.3 is 0 Å². The predicted octanol–water partition coefficient (Wildman–Crippen LogP) is 3.12. The maximum Gasteiger partial charge on any atom is 0.256 e. The molecule has 1 aliphatic heterocycles. The number of aromatic amines is 2. The fourth-order valence-electron chi connectivity index (χ4n) is 3.71. The van der Waals surface area contributed by atoms with Gasteiger partial charge in [-0.25, -0.2) is 9.37 Å². The van der Waals surface area contributed by atoms with Crippen LogP contribution < -0.4 is 5.56 Å². The molecule has 0 spiro atoms. The maximum atomic E-state index is 13.6. The fraction of sp³-hybridized carbons (Fsp3) is 0.190. The Morgan fingerprint density at radius 2 is 2.17 bits per heavy atom. The average molecular weight is 391 g/mol. The summed E-state index contributed by atoms with van der Waals surface area (Å²) in [7, 11) is 0. The van der Waals surface area contributed by atoms with Crippen LogP contribution in [0.2, 0.25) is 0 Å². The number of aromatic nitrogens is 4. The van der Waals surface area contributed by atoms with Crippen molar-refractivity contribution >= 4 is 0 Å². The van der Waals surface area contributed by atoms with Crippen molar-refractivity contribution < 1.29 is 8.81 Å². The highest BCUT2D eigenvalue weighted by atomic mass is 19.1. The molecule has 5 rings (SSSR count). The maximum absolute atomic E-state index is 13.6. The van der Waals surface area contributed by atoms with Gasteiger partial charge in [-0.05, 0) is 24.3 Å². The minimum absolute atomic E-state index is 0.149. The molecule has 0 radical (unpaired) electrons. The van der Waals surface area contributed by atoms with Crippen molar-refractivity contribution in [2.75, 3.05) is 6.54 Å².